The maximum atomic E-state index is 13.6. The Hall–Kier alpha value is -4.49. The van der Waals surface area contributed by atoms with Gasteiger partial charge in [-0.2, -0.15) is 0 Å². The Kier molecular flexibility index (Phi) is 14.5. The molecule has 4 atom stereocenters. The number of hydrogen-bond acceptors (Lipinski definition) is 7. The number of carbonyl (C=O) groups excluding carboxylic acids is 4. The maximum Gasteiger partial charge on any atom is 0.243 e. The fourth-order valence-corrected chi connectivity index (χ4v) is 4.23. The lowest BCUT2D eigenvalue weighted by Crippen LogP contribution is -2.57. The van der Waals surface area contributed by atoms with Crippen molar-refractivity contribution < 1.29 is 19.2 Å². The van der Waals surface area contributed by atoms with Gasteiger partial charge in [-0.1, -0.05) is 60.7 Å². The van der Waals surface area contributed by atoms with E-state index >= 15 is 0 Å². The van der Waals surface area contributed by atoms with Crippen LogP contribution in [0.25, 0.3) is 0 Å². The normalized spacial score (nSPS) is 13.6. The molecular weight excluding hydrogens is 538 g/mol. The first-order valence-electron chi connectivity index (χ1n) is 13.9. The van der Waals surface area contributed by atoms with Gasteiger partial charge in [0, 0.05) is 13.0 Å². The maximum absolute atomic E-state index is 13.6. The van der Waals surface area contributed by atoms with Crippen molar-refractivity contribution in [2.45, 2.75) is 62.7 Å². The minimum atomic E-state index is -1.07. The van der Waals surface area contributed by atoms with Gasteiger partial charge in [0.25, 0.3) is 0 Å². The molecule has 0 fully saturated rings. The molecule has 0 spiro atoms. The van der Waals surface area contributed by atoms with Crippen LogP contribution in [0.3, 0.4) is 0 Å². The molecule has 0 saturated heterocycles. The Labute approximate surface area is 246 Å². The van der Waals surface area contributed by atoms with Crippen molar-refractivity contribution in [1.82, 2.24) is 16.0 Å². The van der Waals surface area contributed by atoms with Crippen LogP contribution >= 0.6 is 0 Å². The van der Waals surface area contributed by atoms with Gasteiger partial charge in [-0.3, -0.25) is 24.2 Å². The highest BCUT2D eigenvalue weighted by molar-refractivity contribution is 5.94. The molecule has 0 saturated carbocycles. The van der Waals surface area contributed by atoms with Gasteiger partial charge < -0.3 is 44.6 Å². The molecule has 0 aliphatic heterocycles. The summed E-state index contributed by atoms with van der Waals surface area (Å²) in [4.78, 5) is 56.0. The molecule has 2 rings (SSSR count). The smallest absolute Gasteiger partial charge is 0.243 e. The van der Waals surface area contributed by atoms with E-state index in [1.807, 2.05) is 30.3 Å². The number of nitrogens with one attached hydrogen (secondary N) is 3. The SMILES string of the molecule is NCCCC[C@H](NC(=O)[C@H](Cc1ccccc1)NC(=O)[C@@H](CCCN=C(N)N)NC(=O)[C@@H](N)c1ccccc1)C(N)=O. The van der Waals surface area contributed by atoms with Gasteiger partial charge >= 0.3 is 0 Å². The van der Waals surface area contributed by atoms with Crippen LogP contribution in [0.4, 0.5) is 0 Å². The van der Waals surface area contributed by atoms with E-state index in [0.717, 1.165) is 5.56 Å². The molecule has 228 valence electrons. The van der Waals surface area contributed by atoms with Crippen LogP contribution in [0.5, 0.6) is 0 Å². The van der Waals surface area contributed by atoms with Crippen LogP contribution in [-0.2, 0) is 25.6 Å². The summed E-state index contributed by atoms with van der Waals surface area (Å²) < 4.78 is 0. The van der Waals surface area contributed by atoms with Crippen LogP contribution in [0.15, 0.2) is 65.7 Å². The van der Waals surface area contributed by atoms with Gasteiger partial charge in [0.1, 0.15) is 24.2 Å². The Bertz CT molecular complexity index is 1170. The molecule has 42 heavy (non-hydrogen) atoms. The molecule has 0 aliphatic rings. The standard InChI is InChI=1S/C29H43N9O4/c30-16-8-7-14-21(25(32)39)36-27(41)23(18-19-10-3-1-4-11-19)38-26(40)22(15-9-17-35-29(33)34)37-28(42)24(31)20-12-5-2-6-13-20/h1-6,10-13,21-24H,7-9,14-18,30-31H2,(H2,32,39)(H,36,41)(H,37,42)(H,38,40)(H4,33,34,35)/t21-,22+,23-,24-/m0/s1. The molecule has 2 aromatic carbocycles. The topological polar surface area (TPSA) is 247 Å². The van der Waals surface area contributed by atoms with Crippen molar-refractivity contribution in [3.63, 3.8) is 0 Å². The van der Waals surface area contributed by atoms with Crippen molar-refractivity contribution in [2.75, 3.05) is 13.1 Å². The summed E-state index contributed by atoms with van der Waals surface area (Å²) in [6, 6.07) is 13.7. The Morgan fingerprint density at radius 3 is 1.83 bits per heavy atom. The Morgan fingerprint density at radius 2 is 1.24 bits per heavy atom. The molecule has 0 aliphatic carbocycles. The molecular formula is C29H43N9O4. The molecule has 2 aromatic rings. The molecule has 0 aromatic heterocycles. The number of aliphatic imine (C=N–C) groups is 1. The molecule has 0 radical (unpaired) electrons. The zero-order chi connectivity index (χ0) is 30.9. The molecule has 0 bridgehead atoms. The lowest BCUT2D eigenvalue weighted by molar-refractivity contribution is -0.133. The van der Waals surface area contributed by atoms with Gasteiger partial charge in [0.05, 0.1) is 0 Å². The second-order valence-corrected chi connectivity index (χ2v) is 9.90. The summed E-state index contributed by atoms with van der Waals surface area (Å²) in [5, 5.41) is 8.11. The monoisotopic (exact) mass is 581 g/mol. The summed E-state index contributed by atoms with van der Waals surface area (Å²) in [6.07, 6.45) is 2.22. The Morgan fingerprint density at radius 1 is 0.690 bits per heavy atom. The van der Waals surface area contributed by atoms with E-state index in [9.17, 15) is 19.2 Å². The number of benzene rings is 2. The van der Waals surface area contributed by atoms with E-state index in [0.29, 0.717) is 37.8 Å². The van der Waals surface area contributed by atoms with E-state index in [4.69, 9.17) is 28.7 Å². The van der Waals surface area contributed by atoms with Crippen molar-refractivity contribution in [2.24, 2.45) is 33.7 Å². The number of amides is 4. The van der Waals surface area contributed by atoms with Crippen LogP contribution in [0.2, 0.25) is 0 Å². The number of nitrogens with two attached hydrogens (primary N) is 5. The number of primary amides is 1. The van der Waals surface area contributed by atoms with E-state index in [-0.39, 0.29) is 25.3 Å². The second-order valence-electron chi connectivity index (χ2n) is 9.90. The zero-order valence-electron chi connectivity index (χ0n) is 23.7. The first-order chi connectivity index (χ1) is 20.1. The highest BCUT2D eigenvalue weighted by Gasteiger charge is 2.30. The highest BCUT2D eigenvalue weighted by Crippen LogP contribution is 2.12. The summed E-state index contributed by atoms with van der Waals surface area (Å²) >= 11 is 0. The molecule has 13 N–H and O–H groups in total. The second kappa shape index (κ2) is 18.0. The van der Waals surface area contributed by atoms with Gasteiger partial charge in [-0.15, -0.1) is 0 Å². The number of unbranched alkanes of at least 4 members (excludes halogenated alkanes) is 1. The van der Waals surface area contributed by atoms with Gasteiger partial charge in [-0.05, 0) is 49.8 Å². The highest BCUT2D eigenvalue weighted by atomic mass is 16.2. The van der Waals surface area contributed by atoms with Crippen LogP contribution in [0, 0.1) is 0 Å². The number of carbonyl (C=O) groups is 4. The molecule has 4 amide bonds. The molecule has 13 heteroatoms. The lowest BCUT2D eigenvalue weighted by atomic mass is 10.0. The van der Waals surface area contributed by atoms with Crippen LogP contribution in [-0.4, -0.2) is 60.8 Å². The minimum Gasteiger partial charge on any atom is -0.370 e. The molecule has 0 unspecified atom stereocenters. The predicted molar refractivity (Wildman–Crippen MR) is 161 cm³/mol. The quantitative estimate of drug-likeness (QED) is 0.0618. The predicted octanol–water partition coefficient (Wildman–Crippen LogP) is -0.949. The summed E-state index contributed by atoms with van der Waals surface area (Å²) in [5.41, 5.74) is 29.4. The van der Waals surface area contributed by atoms with Gasteiger partial charge in [-0.25, -0.2) is 0 Å². The Balaban J connectivity index is 2.25. The van der Waals surface area contributed by atoms with Crippen molar-refractivity contribution in [3.8, 4) is 0 Å². The van der Waals surface area contributed by atoms with Gasteiger partial charge in [0.15, 0.2) is 5.96 Å². The summed E-state index contributed by atoms with van der Waals surface area (Å²) in [7, 11) is 0. The molecule has 13 nitrogen and oxygen atoms in total. The zero-order valence-corrected chi connectivity index (χ0v) is 23.7. The van der Waals surface area contributed by atoms with E-state index < -0.39 is 47.8 Å². The number of nitrogens with zero attached hydrogens (tertiary/aromatic N) is 1. The van der Waals surface area contributed by atoms with E-state index in [1.54, 1.807) is 30.3 Å². The van der Waals surface area contributed by atoms with Crippen molar-refractivity contribution in [1.29, 1.82) is 0 Å². The fourth-order valence-electron chi connectivity index (χ4n) is 4.23. The van der Waals surface area contributed by atoms with E-state index in [2.05, 4.69) is 20.9 Å². The third kappa shape index (κ3) is 11.9. The van der Waals surface area contributed by atoms with Crippen LogP contribution < -0.4 is 44.6 Å². The third-order valence-corrected chi connectivity index (χ3v) is 6.54. The largest absolute Gasteiger partial charge is 0.370 e. The fraction of sp³-hybridized carbons (Fsp3) is 0.414. The van der Waals surface area contributed by atoms with Gasteiger partial charge in [0.2, 0.25) is 23.6 Å². The number of guanidine groups is 1. The summed E-state index contributed by atoms with van der Waals surface area (Å²) in [5.74, 6) is -2.55. The summed E-state index contributed by atoms with van der Waals surface area (Å²) in [6.45, 7) is 0.667. The third-order valence-electron chi connectivity index (χ3n) is 6.54. The average Bonchev–Trinajstić information content (AvgIpc) is 2.98. The van der Waals surface area contributed by atoms with Crippen LogP contribution in [0.1, 0.15) is 49.3 Å². The average molecular weight is 582 g/mol. The first-order valence-corrected chi connectivity index (χ1v) is 13.9. The van der Waals surface area contributed by atoms with Crippen molar-refractivity contribution in [3.05, 3.63) is 71.8 Å². The van der Waals surface area contributed by atoms with Crippen molar-refractivity contribution >= 4 is 29.6 Å². The minimum absolute atomic E-state index is 0.0961. The first kappa shape index (κ1) is 33.7. The number of hydrogen-bond donors (Lipinski definition) is 8. The van der Waals surface area contributed by atoms with E-state index in [1.165, 1.54) is 0 Å². The number of rotatable bonds is 18. The lowest BCUT2D eigenvalue weighted by Gasteiger charge is -2.25. The molecule has 0 heterocycles.